The van der Waals surface area contributed by atoms with Crippen LogP contribution >= 0.6 is 11.8 Å². The number of aromatic nitrogens is 2. The Hall–Kier alpha value is -2.67. The van der Waals surface area contributed by atoms with Gasteiger partial charge in [-0.1, -0.05) is 36.0 Å². The van der Waals surface area contributed by atoms with Crippen molar-refractivity contribution in [1.82, 2.24) is 9.55 Å². The van der Waals surface area contributed by atoms with Crippen LogP contribution in [0.4, 0.5) is 5.69 Å². The van der Waals surface area contributed by atoms with Gasteiger partial charge in [-0.05, 0) is 38.5 Å². The van der Waals surface area contributed by atoms with Gasteiger partial charge in [0.15, 0.2) is 5.16 Å². The summed E-state index contributed by atoms with van der Waals surface area (Å²) in [7, 11) is 0. The van der Waals surface area contributed by atoms with Crippen LogP contribution in [0.1, 0.15) is 37.6 Å². The number of hydrogen-bond donors (Lipinski definition) is 0. The third kappa shape index (κ3) is 3.48. The Bertz CT molecular complexity index is 1030. The van der Waals surface area contributed by atoms with Crippen LogP contribution in [0.25, 0.3) is 10.9 Å². The third-order valence-corrected chi connectivity index (χ3v) is 5.25. The minimum Gasteiger partial charge on any atom is -0.285 e. The zero-order chi connectivity index (χ0) is 18.8. The molecule has 26 heavy (non-hydrogen) atoms. The van der Waals surface area contributed by atoms with Gasteiger partial charge in [-0.3, -0.25) is 19.5 Å². The van der Waals surface area contributed by atoms with Crippen molar-refractivity contribution in [3.63, 3.8) is 0 Å². The lowest BCUT2D eigenvalue weighted by molar-refractivity contribution is -0.384. The number of nitro benzene ring substituents is 1. The highest BCUT2D eigenvalue weighted by Gasteiger charge is 2.18. The average molecular weight is 369 g/mol. The number of non-ortho nitro benzene ring substituents is 1. The Labute approximate surface area is 155 Å². The van der Waals surface area contributed by atoms with E-state index in [0.717, 1.165) is 5.56 Å². The number of nitrogens with zero attached hydrogens (tertiary/aromatic N) is 3. The molecule has 0 spiro atoms. The number of rotatable bonds is 5. The monoisotopic (exact) mass is 369 g/mol. The maximum Gasteiger partial charge on any atom is 0.269 e. The second kappa shape index (κ2) is 7.29. The molecule has 0 saturated heterocycles. The van der Waals surface area contributed by atoms with Crippen molar-refractivity contribution < 1.29 is 4.92 Å². The Morgan fingerprint density at radius 3 is 2.54 bits per heavy atom. The van der Waals surface area contributed by atoms with Crippen LogP contribution in [0.3, 0.4) is 0 Å². The molecule has 0 N–H and O–H groups in total. The van der Waals surface area contributed by atoms with Crippen molar-refractivity contribution in [2.75, 3.05) is 0 Å². The van der Waals surface area contributed by atoms with E-state index in [9.17, 15) is 14.9 Å². The van der Waals surface area contributed by atoms with Gasteiger partial charge < -0.3 is 0 Å². The van der Waals surface area contributed by atoms with Crippen molar-refractivity contribution in [3.8, 4) is 0 Å². The van der Waals surface area contributed by atoms with E-state index in [2.05, 4.69) is 4.98 Å². The molecule has 0 radical (unpaired) electrons. The van der Waals surface area contributed by atoms with Gasteiger partial charge in [0.05, 0.1) is 15.8 Å². The zero-order valence-electron chi connectivity index (χ0n) is 14.7. The molecule has 0 aliphatic rings. The molecule has 6 nitrogen and oxygen atoms in total. The molecule has 3 aromatic rings. The summed E-state index contributed by atoms with van der Waals surface area (Å²) in [5.41, 5.74) is 1.46. The average Bonchev–Trinajstić information content (AvgIpc) is 2.61. The fourth-order valence-electron chi connectivity index (χ4n) is 2.78. The van der Waals surface area contributed by atoms with Gasteiger partial charge in [-0.25, -0.2) is 4.98 Å². The highest BCUT2D eigenvalue weighted by molar-refractivity contribution is 7.99. The molecular formula is C19H19N3O3S. The van der Waals surface area contributed by atoms with Gasteiger partial charge in [-0.2, -0.15) is 0 Å². The summed E-state index contributed by atoms with van der Waals surface area (Å²) < 4.78 is 1.68. The lowest BCUT2D eigenvalue weighted by Crippen LogP contribution is -2.25. The summed E-state index contributed by atoms with van der Waals surface area (Å²) in [5.74, 6) is 0. The van der Waals surface area contributed by atoms with Crippen molar-refractivity contribution in [2.45, 2.75) is 37.2 Å². The van der Waals surface area contributed by atoms with E-state index in [-0.39, 0.29) is 22.5 Å². The van der Waals surface area contributed by atoms with Crippen molar-refractivity contribution in [1.29, 1.82) is 0 Å². The van der Waals surface area contributed by atoms with E-state index in [1.807, 2.05) is 45.0 Å². The molecule has 0 aliphatic heterocycles. The second-order valence-corrected chi connectivity index (χ2v) is 7.60. The summed E-state index contributed by atoms with van der Waals surface area (Å²) in [6.07, 6.45) is 0. The van der Waals surface area contributed by atoms with Gasteiger partial charge in [0.25, 0.3) is 11.2 Å². The molecule has 0 saturated carbocycles. The minimum absolute atomic E-state index is 0.0422. The molecule has 0 fully saturated rings. The maximum atomic E-state index is 12.9. The summed E-state index contributed by atoms with van der Waals surface area (Å²) in [6, 6.07) is 13.8. The molecule has 134 valence electrons. The van der Waals surface area contributed by atoms with E-state index in [0.29, 0.717) is 16.1 Å². The Morgan fingerprint density at radius 2 is 1.85 bits per heavy atom. The van der Waals surface area contributed by atoms with Crippen molar-refractivity contribution >= 4 is 28.4 Å². The van der Waals surface area contributed by atoms with Gasteiger partial charge in [0.2, 0.25) is 0 Å². The molecule has 1 aromatic heterocycles. The van der Waals surface area contributed by atoms with Crippen molar-refractivity contribution in [2.24, 2.45) is 0 Å². The lowest BCUT2D eigenvalue weighted by atomic mass is 10.1. The summed E-state index contributed by atoms with van der Waals surface area (Å²) in [5, 5.41) is 12.1. The van der Waals surface area contributed by atoms with Crippen LogP contribution in [-0.4, -0.2) is 14.5 Å². The normalized spacial score (nSPS) is 12.5. The first-order chi connectivity index (χ1) is 12.4. The van der Waals surface area contributed by atoms with Crippen LogP contribution < -0.4 is 5.56 Å². The quantitative estimate of drug-likeness (QED) is 0.281. The van der Waals surface area contributed by atoms with E-state index in [1.165, 1.54) is 17.8 Å². The smallest absolute Gasteiger partial charge is 0.269 e. The predicted octanol–water partition coefficient (Wildman–Crippen LogP) is 4.74. The summed E-state index contributed by atoms with van der Waals surface area (Å²) in [6.45, 7) is 5.84. The first-order valence-electron chi connectivity index (χ1n) is 8.30. The SMILES string of the molecule is CC(C)n1c(S[C@@H](C)c2cccc([N+](=O)[O-])c2)nc2ccccc2c1=O. The Kier molecular flexibility index (Phi) is 5.08. The molecule has 0 bridgehead atoms. The molecule has 0 amide bonds. The van der Waals surface area contributed by atoms with Crippen molar-refractivity contribution in [3.05, 3.63) is 74.6 Å². The largest absolute Gasteiger partial charge is 0.285 e. The fraction of sp³-hybridized carbons (Fsp3) is 0.263. The molecule has 3 rings (SSSR count). The topological polar surface area (TPSA) is 78.0 Å². The second-order valence-electron chi connectivity index (χ2n) is 6.29. The van der Waals surface area contributed by atoms with Crippen LogP contribution in [0.2, 0.25) is 0 Å². The summed E-state index contributed by atoms with van der Waals surface area (Å²) in [4.78, 5) is 28.2. The number of thioether (sulfide) groups is 1. The Morgan fingerprint density at radius 1 is 1.12 bits per heavy atom. The van der Waals surface area contributed by atoms with Gasteiger partial charge in [-0.15, -0.1) is 0 Å². The van der Waals surface area contributed by atoms with E-state index < -0.39 is 4.92 Å². The van der Waals surface area contributed by atoms with Crippen LogP contribution in [0, 0.1) is 10.1 Å². The zero-order valence-corrected chi connectivity index (χ0v) is 15.6. The van der Waals surface area contributed by atoms with Gasteiger partial charge in [0.1, 0.15) is 0 Å². The predicted molar refractivity (Wildman–Crippen MR) is 104 cm³/mol. The first kappa shape index (κ1) is 18.1. The molecule has 7 heteroatoms. The van der Waals surface area contributed by atoms with Crippen LogP contribution in [0.5, 0.6) is 0 Å². The van der Waals surface area contributed by atoms with Crippen LogP contribution in [-0.2, 0) is 0 Å². The van der Waals surface area contributed by atoms with E-state index in [1.54, 1.807) is 22.8 Å². The maximum absolute atomic E-state index is 12.9. The third-order valence-electron chi connectivity index (χ3n) is 4.12. The number of hydrogen-bond acceptors (Lipinski definition) is 5. The van der Waals surface area contributed by atoms with E-state index in [4.69, 9.17) is 0 Å². The number of benzene rings is 2. The van der Waals surface area contributed by atoms with E-state index >= 15 is 0 Å². The Balaban J connectivity index is 2.05. The molecule has 0 unspecified atom stereocenters. The number of para-hydroxylation sites is 1. The molecule has 1 heterocycles. The first-order valence-corrected chi connectivity index (χ1v) is 9.18. The van der Waals surface area contributed by atoms with Gasteiger partial charge >= 0.3 is 0 Å². The highest BCUT2D eigenvalue weighted by Crippen LogP contribution is 2.35. The summed E-state index contributed by atoms with van der Waals surface area (Å²) >= 11 is 1.43. The fourth-order valence-corrected chi connectivity index (χ4v) is 3.94. The lowest BCUT2D eigenvalue weighted by Gasteiger charge is -2.18. The van der Waals surface area contributed by atoms with Crippen LogP contribution in [0.15, 0.2) is 58.5 Å². The molecule has 2 aromatic carbocycles. The highest BCUT2D eigenvalue weighted by atomic mass is 32.2. The number of fused-ring (bicyclic) bond motifs is 1. The van der Waals surface area contributed by atoms with Gasteiger partial charge in [0, 0.05) is 23.4 Å². The number of nitro groups is 1. The molecule has 0 aliphatic carbocycles. The minimum atomic E-state index is -0.404. The standard InChI is InChI=1S/C19H19N3O3S/c1-12(2)21-18(23)16-9-4-5-10-17(16)20-19(21)26-13(3)14-7-6-8-15(11-14)22(24)25/h4-13H,1-3H3/t13-/m0/s1. The molecular weight excluding hydrogens is 350 g/mol. The molecule has 1 atom stereocenters.